The third-order valence-electron chi connectivity index (χ3n) is 8.81. The van der Waals surface area contributed by atoms with Gasteiger partial charge >= 0.3 is 11.9 Å². The molecule has 0 spiro atoms. The number of carbonyl (C=O) groups excluding carboxylic acids is 2. The molecule has 3 rings (SSSR count). The van der Waals surface area contributed by atoms with Crippen molar-refractivity contribution in [1.29, 1.82) is 0 Å². The number of esters is 2. The summed E-state index contributed by atoms with van der Waals surface area (Å²) >= 11 is 0. The molecule has 2 saturated carbocycles. The van der Waals surface area contributed by atoms with Gasteiger partial charge in [-0.2, -0.15) is 0 Å². The molecular formula is C25H40O5. The summed E-state index contributed by atoms with van der Waals surface area (Å²) in [4.78, 5) is 24.5. The van der Waals surface area contributed by atoms with E-state index in [1.54, 1.807) is 0 Å². The van der Waals surface area contributed by atoms with E-state index in [-0.39, 0.29) is 35.9 Å². The van der Waals surface area contributed by atoms with Gasteiger partial charge < -0.3 is 14.6 Å². The van der Waals surface area contributed by atoms with Crippen molar-refractivity contribution in [3.05, 3.63) is 11.6 Å². The highest BCUT2D eigenvalue weighted by Gasteiger charge is 2.62. The predicted molar refractivity (Wildman–Crippen MR) is 116 cm³/mol. The second-order valence-electron chi connectivity index (χ2n) is 11.2. The first-order chi connectivity index (χ1) is 14.0. The smallest absolute Gasteiger partial charge is 0.313 e. The summed E-state index contributed by atoms with van der Waals surface area (Å²) in [5.74, 6) is 0.112. The van der Waals surface area contributed by atoms with Crippen molar-refractivity contribution in [1.82, 2.24) is 0 Å². The van der Waals surface area contributed by atoms with Crippen LogP contribution < -0.4 is 0 Å². The highest BCUT2D eigenvalue weighted by molar-refractivity contribution is 5.77. The van der Waals surface area contributed by atoms with E-state index in [4.69, 9.17) is 9.47 Å². The number of aliphatic hydroxyl groups excluding tert-OH is 1. The highest BCUT2D eigenvalue weighted by atomic mass is 16.6. The minimum absolute atomic E-state index is 0.105. The number of ether oxygens (including phenoxy) is 2. The lowest BCUT2D eigenvalue weighted by atomic mass is 9.40. The minimum Gasteiger partial charge on any atom is -0.461 e. The average molecular weight is 421 g/mol. The number of fused-ring (bicyclic) bond motifs is 3. The van der Waals surface area contributed by atoms with Gasteiger partial charge in [-0.1, -0.05) is 45.8 Å². The summed E-state index contributed by atoms with van der Waals surface area (Å²) in [6.45, 7) is 12.5. The quantitative estimate of drug-likeness (QED) is 0.517. The Morgan fingerprint density at radius 3 is 2.47 bits per heavy atom. The van der Waals surface area contributed by atoms with Crippen LogP contribution in [0.5, 0.6) is 0 Å². The Morgan fingerprint density at radius 1 is 1.13 bits per heavy atom. The van der Waals surface area contributed by atoms with Crippen LogP contribution in [0, 0.1) is 34.0 Å². The van der Waals surface area contributed by atoms with Crippen LogP contribution in [0.1, 0.15) is 80.1 Å². The van der Waals surface area contributed by atoms with E-state index >= 15 is 0 Å². The number of allylic oxidation sites excluding steroid dienone is 1. The number of hydrogen-bond acceptors (Lipinski definition) is 5. The summed E-state index contributed by atoms with van der Waals surface area (Å²) in [7, 11) is 0. The fourth-order valence-corrected chi connectivity index (χ4v) is 7.58. The molecule has 3 aliphatic carbocycles. The Balaban J connectivity index is 1.83. The van der Waals surface area contributed by atoms with Gasteiger partial charge in [-0.05, 0) is 67.1 Å². The van der Waals surface area contributed by atoms with Crippen molar-refractivity contribution in [2.75, 3.05) is 13.2 Å². The molecule has 30 heavy (non-hydrogen) atoms. The lowest BCUT2D eigenvalue weighted by Gasteiger charge is -2.64. The molecule has 0 aromatic heterocycles. The molecule has 0 amide bonds. The van der Waals surface area contributed by atoms with Gasteiger partial charge in [0.2, 0.25) is 0 Å². The van der Waals surface area contributed by atoms with Gasteiger partial charge in [-0.25, -0.2) is 0 Å². The van der Waals surface area contributed by atoms with Crippen LogP contribution in [-0.4, -0.2) is 36.4 Å². The zero-order chi connectivity index (χ0) is 22.3. The molecule has 0 bridgehead atoms. The van der Waals surface area contributed by atoms with Crippen LogP contribution in [0.15, 0.2) is 11.6 Å². The Labute approximate surface area is 181 Å². The Kier molecular flexibility index (Phi) is 6.44. The predicted octanol–water partition coefficient (Wildman–Crippen LogP) is 4.67. The standard InChI is InChI=1S/C25H40O5/c1-16-8-9-20-24(5)12-7-11-23(3,4)19(24)10-13-25(20,6)21(16)22(28)29-15-18(14-26)30-17(2)27/h8,18-21,26H,7,9-15H2,1-6H3/t18-,19?,20-,21+,24+,25-/m0/s1. The van der Waals surface area contributed by atoms with Gasteiger partial charge in [-0.15, -0.1) is 0 Å². The van der Waals surface area contributed by atoms with Crippen LogP contribution >= 0.6 is 0 Å². The first-order valence-corrected chi connectivity index (χ1v) is 11.6. The SMILES string of the molecule is CC(=O)O[C@@H](CO)COC(=O)[C@H]1C(C)=CC[C@@H]2[C@]1(C)CCC1C(C)(C)CCC[C@]12C. The third-order valence-corrected chi connectivity index (χ3v) is 8.81. The van der Waals surface area contributed by atoms with E-state index in [9.17, 15) is 14.7 Å². The lowest BCUT2D eigenvalue weighted by molar-refractivity contribution is -0.177. The zero-order valence-electron chi connectivity index (χ0n) is 19.6. The van der Waals surface area contributed by atoms with Crippen LogP contribution in [0.4, 0.5) is 0 Å². The second kappa shape index (κ2) is 8.29. The van der Waals surface area contributed by atoms with Crippen molar-refractivity contribution in [2.45, 2.75) is 86.2 Å². The molecule has 1 N–H and O–H groups in total. The molecule has 5 nitrogen and oxygen atoms in total. The molecular weight excluding hydrogens is 380 g/mol. The highest BCUT2D eigenvalue weighted by Crippen LogP contribution is 2.68. The lowest BCUT2D eigenvalue weighted by Crippen LogP contribution is -2.58. The van der Waals surface area contributed by atoms with Gasteiger partial charge in [0.25, 0.3) is 0 Å². The first-order valence-electron chi connectivity index (χ1n) is 11.6. The van der Waals surface area contributed by atoms with Gasteiger partial charge in [0.15, 0.2) is 6.10 Å². The molecule has 1 unspecified atom stereocenters. The van der Waals surface area contributed by atoms with Crippen LogP contribution in [-0.2, 0) is 19.1 Å². The summed E-state index contributed by atoms with van der Waals surface area (Å²) in [6.07, 6.45) is 8.43. The van der Waals surface area contributed by atoms with E-state index in [0.717, 1.165) is 24.8 Å². The van der Waals surface area contributed by atoms with E-state index in [0.29, 0.717) is 17.3 Å². The van der Waals surface area contributed by atoms with Gasteiger partial charge in [0.1, 0.15) is 6.61 Å². The van der Waals surface area contributed by atoms with Crippen molar-refractivity contribution in [3.63, 3.8) is 0 Å². The molecule has 6 atom stereocenters. The first kappa shape index (κ1) is 23.3. The Morgan fingerprint density at radius 2 is 1.83 bits per heavy atom. The van der Waals surface area contributed by atoms with E-state index in [2.05, 4.69) is 33.8 Å². The molecule has 3 aliphatic rings. The summed E-state index contributed by atoms with van der Waals surface area (Å²) in [5, 5.41) is 9.42. The monoisotopic (exact) mass is 420 g/mol. The van der Waals surface area contributed by atoms with E-state index < -0.39 is 12.1 Å². The average Bonchev–Trinajstić information content (AvgIpc) is 2.63. The fraction of sp³-hybridized carbons (Fsp3) is 0.840. The maximum Gasteiger partial charge on any atom is 0.313 e. The summed E-state index contributed by atoms with van der Waals surface area (Å²) in [6, 6.07) is 0. The molecule has 0 aromatic rings. The Hall–Kier alpha value is -1.36. The molecule has 0 aliphatic heterocycles. The minimum atomic E-state index is -0.810. The van der Waals surface area contributed by atoms with Crippen molar-refractivity contribution < 1.29 is 24.2 Å². The normalized spacial score (nSPS) is 38.5. The molecule has 0 aromatic carbocycles. The van der Waals surface area contributed by atoms with Crippen LogP contribution in [0.2, 0.25) is 0 Å². The van der Waals surface area contributed by atoms with Crippen molar-refractivity contribution >= 4 is 11.9 Å². The summed E-state index contributed by atoms with van der Waals surface area (Å²) in [5.41, 5.74) is 1.53. The van der Waals surface area contributed by atoms with Crippen molar-refractivity contribution in [3.8, 4) is 0 Å². The molecule has 2 fully saturated rings. The molecule has 170 valence electrons. The topological polar surface area (TPSA) is 72.8 Å². The maximum absolute atomic E-state index is 13.3. The van der Waals surface area contributed by atoms with Gasteiger partial charge in [0.05, 0.1) is 12.5 Å². The van der Waals surface area contributed by atoms with E-state index in [1.165, 1.54) is 26.2 Å². The van der Waals surface area contributed by atoms with Crippen LogP contribution in [0.3, 0.4) is 0 Å². The zero-order valence-corrected chi connectivity index (χ0v) is 19.6. The molecule has 5 heteroatoms. The Bertz CT molecular complexity index is 710. The second-order valence-corrected chi connectivity index (χ2v) is 11.2. The van der Waals surface area contributed by atoms with Gasteiger partial charge in [0, 0.05) is 6.92 Å². The van der Waals surface area contributed by atoms with Gasteiger partial charge in [-0.3, -0.25) is 9.59 Å². The molecule has 0 heterocycles. The number of aliphatic hydroxyl groups is 1. The van der Waals surface area contributed by atoms with E-state index in [1.807, 2.05) is 6.92 Å². The van der Waals surface area contributed by atoms with Crippen molar-refractivity contribution in [2.24, 2.45) is 34.0 Å². The number of rotatable bonds is 5. The van der Waals surface area contributed by atoms with Crippen LogP contribution in [0.25, 0.3) is 0 Å². The number of carbonyl (C=O) groups is 2. The molecule has 0 saturated heterocycles. The summed E-state index contributed by atoms with van der Waals surface area (Å²) < 4.78 is 10.6. The fourth-order valence-electron chi connectivity index (χ4n) is 7.58. The number of hydrogen-bond donors (Lipinski definition) is 1. The largest absolute Gasteiger partial charge is 0.461 e. The third kappa shape index (κ3) is 3.94. The molecule has 0 radical (unpaired) electrons. The maximum atomic E-state index is 13.3.